The zero-order chi connectivity index (χ0) is 18.2. The summed E-state index contributed by atoms with van der Waals surface area (Å²) in [6.45, 7) is 4.33. The van der Waals surface area contributed by atoms with Crippen molar-refractivity contribution in [1.29, 1.82) is 0 Å². The highest BCUT2D eigenvalue weighted by atomic mass is 16.5. The molecule has 0 fully saturated rings. The summed E-state index contributed by atoms with van der Waals surface area (Å²) >= 11 is 0. The molecule has 0 heterocycles. The molecule has 2 rings (SSSR count). The summed E-state index contributed by atoms with van der Waals surface area (Å²) in [5.74, 6) is 1.36. The fourth-order valence-corrected chi connectivity index (χ4v) is 2.42. The third kappa shape index (κ3) is 5.50. The molecule has 0 aliphatic carbocycles. The Hall–Kier alpha value is -2.53. The molecule has 2 aromatic carbocycles. The van der Waals surface area contributed by atoms with E-state index in [0.29, 0.717) is 12.1 Å². The first kappa shape index (κ1) is 18.8. The molecular weight excluding hydrogens is 318 g/mol. The molecular formula is C20H25NO4. The van der Waals surface area contributed by atoms with Gasteiger partial charge in [0.15, 0.2) is 0 Å². The monoisotopic (exact) mass is 343 g/mol. The Morgan fingerprint density at radius 3 is 1.92 bits per heavy atom. The van der Waals surface area contributed by atoms with Crippen molar-refractivity contribution >= 4 is 5.91 Å². The predicted molar refractivity (Wildman–Crippen MR) is 97.3 cm³/mol. The van der Waals surface area contributed by atoms with Crippen LogP contribution in [0.2, 0.25) is 0 Å². The van der Waals surface area contributed by atoms with E-state index < -0.39 is 0 Å². The van der Waals surface area contributed by atoms with Gasteiger partial charge in [0, 0.05) is 12.1 Å². The standard InChI is InChI=1S/C20H25NO4/c1-14(2)25-19(15-5-9-17(23-3)10-6-15)13-21-20(22)16-7-11-18(24-4)12-8-16/h5-12,14,19H,13H2,1-4H3,(H,21,22). The minimum Gasteiger partial charge on any atom is -0.497 e. The van der Waals surface area contributed by atoms with E-state index in [2.05, 4.69) is 5.32 Å². The highest BCUT2D eigenvalue weighted by molar-refractivity contribution is 5.94. The molecule has 134 valence electrons. The molecule has 1 atom stereocenters. The number of rotatable bonds is 8. The third-order valence-electron chi connectivity index (χ3n) is 3.72. The van der Waals surface area contributed by atoms with Crippen molar-refractivity contribution in [3.63, 3.8) is 0 Å². The molecule has 0 radical (unpaired) electrons. The zero-order valence-corrected chi connectivity index (χ0v) is 15.1. The number of benzene rings is 2. The van der Waals surface area contributed by atoms with Crippen molar-refractivity contribution in [1.82, 2.24) is 5.32 Å². The second-order valence-electron chi connectivity index (χ2n) is 5.89. The number of nitrogens with one attached hydrogen (secondary N) is 1. The number of carbonyl (C=O) groups is 1. The number of hydrogen-bond donors (Lipinski definition) is 1. The lowest BCUT2D eigenvalue weighted by Gasteiger charge is -2.21. The molecule has 0 aromatic heterocycles. The minimum absolute atomic E-state index is 0.0463. The zero-order valence-electron chi connectivity index (χ0n) is 15.1. The molecule has 1 N–H and O–H groups in total. The Kier molecular flexibility index (Phi) is 6.83. The van der Waals surface area contributed by atoms with Crippen LogP contribution in [0.15, 0.2) is 48.5 Å². The molecule has 5 nitrogen and oxygen atoms in total. The maximum atomic E-state index is 12.3. The van der Waals surface area contributed by atoms with Gasteiger partial charge in [0.25, 0.3) is 5.91 Å². The Morgan fingerprint density at radius 1 is 0.920 bits per heavy atom. The molecule has 0 spiro atoms. The van der Waals surface area contributed by atoms with Crippen LogP contribution in [0, 0.1) is 0 Å². The van der Waals surface area contributed by atoms with Crippen molar-refractivity contribution in [3.8, 4) is 11.5 Å². The molecule has 5 heteroatoms. The van der Waals surface area contributed by atoms with Crippen LogP contribution in [-0.2, 0) is 4.74 Å². The van der Waals surface area contributed by atoms with Crippen LogP contribution in [0.1, 0.15) is 35.9 Å². The Labute approximate surface area is 148 Å². The largest absolute Gasteiger partial charge is 0.497 e. The number of ether oxygens (including phenoxy) is 3. The van der Waals surface area contributed by atoms with Gasteiger partial charge in [-0.15, -0.1) is 0 Å². The van der Waals surface area contributed by atoms with Crippen LogP contribution >= 0.6 is 0 Å². The van der Waals surface area contributed by atoms with Gasteiger partial charge in [-0.3, -0.25) is 4.79 Å². The highest BCUT2D eigenvalue weighted by Gasteiger charge is 2.16. The molecule has 1 unspecified atom stereocenters. The van der Waals surface area contributed by atoms with E-state index >= 15 is 0 Å². The normalized spacial score (nSPS) is 11.9. The topological polar surface area (TPSA) is 56.8 Å². The average molecular weight is 343 g/mol. The van der Waals surface area contributed by atoms with E-state index in [1.54, 1.807) is 38.5 Å². The van der Waals surface area contributed by atoms with E-state index in [9.17, 15) is 4.79 Å². The van der Waals surface area contributed by atoms with Gasteiger partial charge in [-0.1, -0.05) is 12.1 Å². The molecule has 0 saturated heterocycles. The first-order valence-electron chi connectivity index (χ1n) is 8.25. The van der Waals surface area contributed by atoms with Gasteiger partial charge in [0.1, 0.15) is 17.6 Å². The second kappa shape index (κ2) is 9.08. The maximum Gasteiger partial charge on any atom is 0.251 e. The Morgan fingerprint density at radius 2 is 1.44 bits per heavy atom. The van der Waals surface area contributed by atoms with Gasteiger partial charge in [-0.05, 0) is 55.8 Å². The van der Waals surface area contributed by atoms with Gasteiger partial charge in [0.05, 0.1) is 20.3 Å². The number of carbonyl (C=O) groups excluding carboxylic acids is 1. The summed E-state index contributed by atoms with van der Waals surface area (Å²) < 4.78 is 16.2. The van der Waals surface area contributed by atoms with Crippen LogP contribution in [0.5, 0.6) is 11.5 Å². The first-order chi connectivity index (χ1) is 12.0. The lowest BCUT2D eigenvalue weighted by atomic mass is 10.1. The Balaban J connectivity index is 2.04. The van der Waals surface area contributed by atoms with E-state index in [-0.39, 0.29) is 18.1 Å². The van der Waals surface area contributed by atoms with Crippen molar-refractivity contribution < 1.29 is 19.0 Å². The number of amides is 1. The molecule has 0 bridgehead atoms. The van der Waals surface area contributed by atoms with E-state index in [4.69, 9.17) is 14.2 Å². The summed E-state index contributed by atoms with van der Waals surface area (Å²) in [6, 6.07) is 14.7. The Bertz CT molecular complexity index is 665. The SMILES string of the molecule is COc1ccc(C(=O)NCC(OC(C)C)c2ccc(OC)cc2)cc1. The fraction of sp³-hybridized carbons (Fsp3) is 0.350. The van der Waals surface area contributed by atoms with E-state index in [0.717, 1.165) is 17.1 Å². The number of methoxy groups -OCH3 is 2. The van der Waals surface area contributed by atoms with Gasteiger partial charge in [-0.2, -0.15) is 0 Å². The summed E-state index contributed by atoms with van der Waals surface area (Å²) in [6.07, 6.45) is -0.182. The molecule has 25 heavy (non-hydrogen) atoms. The molecule has 0 saturated carbocycles. The van der Waals surface area contributed by atoms with Crippen molar-refractivity contribution in [2.45, 2.75) is 26.1 Å². The lowest BCUT2D eigenvalue weighted by molar-refractivity contribution is 0.00726. The fourth-order valence-electron chi connectivity index (χ4n) is 2.42. The van der Waals surface area contributed by atoms with Crippen molar-refractivity contribution in [3.05, 3.63) is 59.7 Å². The lowest BCUT2D eigenvalue weighted by Crippen LogP contribution is -2.30. The quantitative estimate of drug-likeness (QED) is 0.796. The van der Waals surface area contributed by atoms with Crippen LogP contribution in [0.4, 0.5) is 0 Å². The van der Waals surface area contributed by atoms with Gasteiger partial charge in [-0.25, -0.2) is 0 Å². The van der Waals surface area contributed by atoms with Crippen LogP contribution in [-0.4, -0.2) is 32.8 Å². The summed E-state index contributed by atoms with van der Waals surface area (Å²) in [5, 5.41) is 2.93. The molecule has 0 aliphatic rings. The van der Waals surface area contributed by atoms with Crippen LogP contribution in [0.25, 0.3) is 0 Å². The van der Waals surface area contributed by atoms with Gasteiger partial charge >= 0.3 is 0 Å². The van der Waals surface area contributed by atoms with Crippen molar-refractivity contribution in [2.75, 3.05) is 20.8 Å². The summed E-state index contributed by atoms with van der Waals surface area (Å²) in [5.41, 5.74) is 1.57. The molecule has 2 aromatic rings. The maximum absolute atomic E-state index is 12.3. The first-order valence-corrected chi connectivity index (χ1v) is 8.25. The molecule has 1 amide bonds. The smallest absolute Gasteiger partial charge is 0.251 e. The predicted octanol–water partition coefficient (Wildman–Crippen LogP) is 3.60. The van der Waals surface area contributed by atoms with Crippen LogP contribution < -0.4 is 14.8 Å². The van der Waals surface area contributed by atoms with E-state index in [1.165, 1.54) is 0 Å². The summed E-state index contributed by atoms with van der Waals surface area (Å²) in [4.78, 5) is 12.3. The van der Waals surface area contributed by atoms with Gasteiger partial charge < -0.3 is 19.5 Å². The summed E-state index contributed by atoms with van der Waals surface area (Å²) in [7, 11) is 3.23. The average Bonchev–Trinajstić information content (AvgIpc) is 2.64. The second-order valence-corrected chi connectivity index (χ2v) is 5.89. The van der Waals surface area contributed by atoms with Crippen molar-refractivity contribution in [2.24, 2.45) is 0 Å². The van der Waals surface area contributed by atoms with Crippen LogP contribution in [0.3, 0.4) is 0 Å². The third-order valence-corrected chi connectivity index (χ3v) is 3.72. The highest BCUT2D eigenvalue weighted by Crippen LogP contribution is 2.22. The van der Waals surface area contributed by atoms with Gasteiger partial charge in [0.2, 0.25) is 0 Å². The van der Waals surface area contributed by atoms with E-state index in [1.807, 2.05) is 38.1 Å². The number of hydrogen-bond acceptors (Lipinski definition) is 4. The minimum atomic E-state index is -0.229. The molecule has 0 aliphatic heterocycles.